The van der Waals surface area contributed by atoms with Gasteiger partial charge in [0.1, 0.15) is 5.82 Å². The molecule has 104 valence electrons. The second-order valence-corrected chi connectivity index (χ2v) is 4.18. The van der Waals surface area contributed by atoms with Crippen LogP contribution >= 0.6 is 0 Å². The first-order chi connectivity index (χ1) is 9.02. The summed E-state index contributed by atoms with van der Waals surface area (Å²) in [5.41, 5.74) is 0.977. The van der Waals surface area contributed by atoms with Crippen LogP contribution in [-0.2, 0) is 9.53 Å². The van der Waals surface area contributed by atoms with Crippen molar-refractivity contribution in [3.8, 4) is 0 Å². The van der Waals surface area contributed by atoms with Gasteiger partial charge in [-0.1, -0.05) is 0 Å². The van der Waals surface area contributed by atoms with Crippen LogP contribution in [0.5, 0.6) is 0 Å². The Morgan fingerprint density at radius 1 is 1.32 bits per heavy atom. The predicted octanol–water partition coefficient (Wildman–Crippen LogP) is 2.21. The van der Waals surface area contributed by atoms with Crippen molar-refractivity contribution >= 4 is 11.9 Å². The molecule has 1 rings (SSSR count). The molecule has 1 aromatic rings. The van der Waals surface area contributed by atoms with Crippen molar-refractivity contribution in [3.63, 3.8) is 0 Å². The molecule has 0 bridgehead atoms. The molecule has 0 aliphatic carbocycles. The molecular formula is C14H18FNO3. The average molecular weight is 267 g/mol. The minimum Gasteiger partial charge on any atom is -0.466 e. The number of carbonyl (C=O) groups excluding carboxylic acids is 2. The van der Waals surface area contributed by atoms with Crippen molar-refractivity contribution < 1.29 is 18.7 Å². The molecule has 1 aromatic carbocycles. The van der Waals surface area contributed by atoms with Crippen LogP contribution in [0.3, 0.4) is 0 Å². The number of aryl methyl sites for hydroxylation is 1. The van der Waals surface area contributed by atoms with E-state index in [2.05, 4.69) is 5.32 Å². The van der Waals surface area contributed by atoms with Crippen molar-refractivity contribution in [2.45, 2.75) is 26.7 Å². The summed E-state index contributed by atoms with van der Waals surface area (Å²) in [6, 6.07) is 4.16. The molecule has 0 aromatic heterocycles. The van der Waals surface area contributed by atoms with Gasteiger partial charge in [0.15, 0.2) is 0 Å². The van der Waals surface area contributed by atoms with E-state index < -0.39 is 5.82 Å². The van der Waals surface area contributed by atoms with E-state index >= 15 is 0 Å². The summed E-state index contributed by atoms with van der Waals surface area (Å²) in [5, 5.41) is 2.64. The smallest absolute Gasteiger partial charge is 0.305 e. The number of esters is 1. The molecule has 1 amide bonds. The molecule has 0 saturated carbocycles. The van der Waals surface area contributed by atoms with Crippen LogP contribution in [-0.4, -0.2) is 25.0 Å². The molecule has 0 spiro atoms. The van der Waals surface area contributed by atoms with Gasteiger partial charge in [-0.3, -0.25) is 9.59 Å². The van der Waals surface area contributed by atoms with Crippen LogP contribution in [0, 0.1) is 12.7 Å². The summed E-state index contributed by atoms with van der Waals surface area (Å²) in [4.78, 5) is 22.8. The van der Waals surface area contributed by atoms with Gasteiger partial charge in [-0.2, -0.15) is 0 Å². The lowest BCUT2D eigenvalue weighted by atomic mass is 10.1. The molecule has 0 aliphatic heterocycles. The summed E-state index contributed by atoms with van der Waals surface area (Å²) in [6.07, 6.45) is 0.759. The third kappa shape index (κ3) is 5.50. The highest BCUT2D eigenvalue weighted by Crippen LogP contribution is 2.08. The van der Waals surface area contributed by atoms with Crippen molar-refractivity contribution in [2.24, 2.45) is 0 Å². The average Bonchev–Trinajstić information content (AvgIpc) is 2.33. The molecule has 19 heavy (non-hydrogen) atoms. The fraction of sp³-hybridized carbons (Fsp3) is 0.429. The molecule has 0 atom stereocenters. The second-order valence-electron chi connectivity index (χ2n) is 4.18. The third-order valence-corrected chi connectivity index (χ3v) is 2.45. The number of rotatable bonds is 6. The van der Waals surface area contributed by atoms with Crippen LogP contribution in [0.1, 0.15) is 35.7 Å². The standard InChI is InChI=1S/C14H18FNO3/c1-3-19-13(17)5-4-6-16-14(18)11-7-10(2)8-12(15)9-11/h7-9H,3-6H2,1-2H3,(H,16,18). The molecule has 4 nitrogen and oxygen atoms in total. The van der Waals surface area contributed by atoms with Crippen molar-refractivity contribution in [1.29, 1.82) is 0 Å². The number of nitrogens with one attached hydrogen (secondary N) is 1. The largest absolute Gasteiger partial charge is 0.466 e. The van der Waals surface area contributed by atoms with E-state index in [9.17, 15) is 14.0 Å². The topological polar surface area (TPSA) is 55.4 Å². The highest BCUT2D eigenvalue weighted by atomic mass is 19.1. The Labute approximate surface area is 112 Å². The number of carbonyl (C=O) groups is 2. The van der Waals surface area contributed by atoms with Crippen molar-refractivity contribution in [3.05, 3.63) is 35.1 Å². The molecule has 0 aliphatic rings. The quantitative estimate of drug-likeness (QED) is 0.635. The SMILES string of the molecule is CCOC(=O)CCCNC(=O)c1cc(C)cc(F)c1. The molecular weight excluding hydrogens is 249 g/mol. The van der Waals surface area contributed by atoms with Gasteiger partial charge in [-0.05, 0) is 44.0 Å². The van der Waals surface area contributed by atoms with Gasteiger partial charge >= 0.3 is 5.97 Å². The maximum atomic E-state index is 13.1. The van der Waals surface area contributed by atoms with Gasteiger partial charge in [0.2, 0.25) is 0 Å². The number of hydrogen-bond acceptors (Lipinski definition) is 3. The first-order valence-electron chi connectivity index (χ1n) is 6.24. The van der Waals surface area contributed by atoms with E-state index in [1.54, 1.807) is 19.9 Å². The van der Waals surface area contributed by atoms with Crippen LogP contribution in [0.15, 0.2) is 18.2 Å². The lowest BCUT2D eigenvalue weighted by Crippen LogP contribution is -2.25. The predicted molar refractivity (Wildman–Crippen MR) is 69.3 cm³/mol. The van der Waals surface area contributed by atoms with E-state index in [1.165, 1.54) is 12.1 Å². The summed E-state index contributed by atoms with van der Waals surface area (Å²) < 4.78 is 17.9. The number of halogens is 1. The number of ether oxygens (including phenoxy) is 1. The fourth-order valence-electron chi connectivity index (χ4n) is 1.64. The highest BCUT2D eigenvalue weighted by Gasteiger charge is 2.08. The molecule has 0 fully saturated rings. The minimum atomic E-state index is -0.434. The van der Waals surface area contributed by atoms with Crippen LogP contribution in [0.4, 0.5) is 4.39 Å². The van der Waals surface area contributed by atoms with Gasteiger partial charge in [0.05, 0.1) is 6.61 Å². The Bertz CT molecular complexity index is 440. The molecule has 0 radical (unpaired) electrons. The monoisotopic (exact) mass is 267 g/mol. The normalized spacial score (nSPS) is 10.1. The zero-order valence-electron chi connectivity index (χ0n) is 11.2. The van der Waals surface area contributed by atoms with Crippen LogP contribution in [0.25, 0.3) is 0 Å². The van der Waals surface area contributed by atoms with Gasteiger partial charge in [0.25, 0.3) is 5.91 Å². The molecule has 0 saturated heterocycles. The van der Waals surface area contributed by atoms with Gasteiger partial charge in [0, 0.05) is 18.5 Å². The van der Waals surface area contributed by atoms with Gasteiger partial charge in [-0.15, -0.1) is 0 Å². The first-order valence-corrected chi connectivity index (χ1v) is 6.24. The van der Waals surface area contributed by atoms with Crippen molar-refractivity contribution in [2.75, 3.05) is 13.2 Å². The minimum absolute atomic E-state index is 0.260. The molecule has 0 unspecified atom stereocenters. The highest BCUT2D eigenvalue weighted by molar-refractivity contribution is 5.94. The summed E-state index contributed by atoms with van der Waals surface area (Å²) in [6.45, 7) is 4.17. The Morgan fingerprint density at radius 2 is 2.05 bits per heavy atom. The van der Waals surface area contributed by atoms with Crippen LogP contribution < -0.4 is 5.32 Å². The second kappa shape index (κ2) is 7.51. The van der Waals surface area contributed by atoms with E-state index in [4.69, 9.17) is 4.74 Å². The number of benzene rings is 1. The van der Waals surface area contributed by atoms with Gasteiger partial charge in [-0.25, -0.2) is 4.39 Å². The van der Waals surface area contributed by atoms with E-state index in [1.807, 2.05) is 0 Å². The van der Waals surface area contributed by atoms with E-state index in [0.717, 1.165) is 0 Å². The number of hydrogen-bond donors (Lipinski definition) is 1. The van der Waals surface area contributed by atoms with Crippen LogP contribution in [0.2, 0.25) is 0 Å². The summed E-state index contributed by atoms with van der Waals surface area (Å²) in [5.74, 6) is -1.05. The lowest BCUT2D eigenvalue weighted by molar-refractivity contribution is -0.143. The Morgan fingerprint density at radius 3 is 2.68 bits per heavy atom. The lowest BCUT2D eigenvalue weighted by Gasteiger charge is -2.06. The Balaban J connectivity index is 2.37. The van der Waals surface area contributed by atoms with Gasteiger partial charge < -0.3 is 10.1 Å². The number of amides is 1. The maximum absolute atomic E-state index is 13.1. The first kappa shape index (κ1) is 15.1. The Hall–Kier alpha value is -1.91. The fourth-order valence-corrected chi connectivity index (χ4v) is 1.64. The van der Waals surface area contributed by atoms with Crippen molar-refractivity contribution in [1.82, 2.24) is 5.32 Å². The Kier molecular flexibility index (Phi) is 5.99. The third-order valence-electron chi connectivity index (χ3n) is 2.45. The molecule has 5 heteroatoms. The molecule has 0 heterocycles. The summed E-state index contributed by atoms with van der Waals surface area (Å²) >= 11 is 0. The maximum Gasteiger partial charge on any atom is 0.305 e. The zero-order valence-corrected chi connectivity index (χ0v) is 11.2. The molecule has 1 N–H and O–H groups in total. The van der Waals surface area contributed by atoms with E-state index in [0.29, 0.717) is 25.1 Å². The zero-order chi connectivity index (χ0) is 14.3. The van der Waals surface area contributed by atoms with E-state index in [-0.39, 0.29) is 23.9 Å². The summed E-state index contributed by atoms with van der Waals surface area (Å²) in [7, 11) is 0.